The SMILES string of the molecule is CNC1CCC(NCC2C=C(c3ccccc3)C=CC2(F)C(=O)C(F)(F)F)CC1.Cl. The van der Waals surface area contributed by atoms with Gasteiger partial charge in [0.15, 0.2) is 0 Å². The minimum absolute atomic E-state index is 0. The van der Waals surface area contributed by atoms with E-state index in [2.05, 4.69) is 10.6 Å². The molecular formula is C22H27ClF4N2O. The molecule has 1 saturated carbocycles. The summed E-state index contributed by atoms with van der Waals surface area (Å²) in [6.07, 6.45) is 1.87. The molecule has 0 radical (unpaired) electrons. The number of hydrogen-bond donors (Lipinski definition) is 2. The van der Waals surface area contributed by atoms with E-state index in [-0.39, 0.29) is 25.0 Å². The number of allylic oxidation sites excluding steroid dienone is 3. The van der Waals surface area contributed by atoms with Crippen molar-refractivity contribution in [1.82, 2.24) is 10.6 Å². The Bertz CT molecular complexity index is 773. The van der Waals surface area contributed by atoms with E-state index in [0.717, 1.165) is 37.3 Å². The zero-order chi connectivity index (χ0) is 21.1. The van der Waals surface area contributed by atoms with Gasteiger partial charge in [-0.25, -0.2) is 4.39 Å². The Morgan fingerprint density at radius 2 is 1.70 bits per heavy atom. The molecule has 2 aliphatic rings. The van der Waals surface area contributed by atoms with Crippen molar-refractivity contribution in [3.63, 3.8) is 0 Å². The highest BCUT2D eigenvalue weighted by Crippen LogP contribution is 2.39. The van der Waals surface area contributed by atoms with Crippen LogP contribution in [0.4, 0.5) is 17.6 Å². The van der Waals surface area contributed by atoms with Gasteiger partial charge in [-0.3, -0.25) is 4.79 Å². The van der Waals surface area contributed by atoms with E-state index in [1.54, 1.807) is 24.3 Å². The number of ketones is 1. The molecule has 0 amide bonds. The van der Waals surface area contributed by atoms with E-state index in [1.807, 2.05) is 13.1 Å². The summed E-state index contributed by atoms with van der Waals surface area (Å²) in [7, 11) is 1.91. The Hall–Kier alpha value is -1.70. The molecule has 1 aromatic rings. The first-order chi connectivity index (χ1) is 13.7. The van der Waals surface area contributed by atoms with Crippen LogP contribution in [0.1, 0.15) is 31.2 Å². The lowest BCUT2D eigenvalue weighted by atomic mass is 9.78. The molecule has 2 unspecified atom stereocenters. The number of carbonyl (C=O) groups is 1. The van der Waals surface area contributed by atoms with Gasteiger partial charge in [0, 0.05) is 24.5 Å². The van der Waals surface area contributed by atoms with Gasteiger partial charge in [-0.1, -0.05) is 42.5 Å². The second kappa shape index (κ2) is 10.1. The quantitative estimate of drug-likeness (QED) is 0.626. The number of rotatable bonds is 6. The molecule has 166 valence electrons. The van der Waals surface area contributed by atoms with Gasteiger partial charge in [-0.15, -0.1) is 12.4 Å². The van der Waals surface area contributed by atoms with Crippen molar-refractivity contribution in [2.24, 2.45) is 5.92 Å². The first-order valence-corrected chi connectivity index (χ1v) is 9.91. The van der Waals surface area contributed by atoms with E-state index >= 15 is 4.39 Å². The Labute approximate surface area is 180 Å². The fraction of sp³-hybridized carbons (Fsp3) is 0.500. The van der Waals surface area contributed by atoms with Gasteiger partial charge < -0.3 is 10.6 Å². The van der Waals surface area contributed by atoms with E-state index in [1.165, 1.54) is 12.2 Å². The number of hydrogen-bond acceptors (Lipinski definition) is 3. The molecule has 1 fully saturated rings. The van der Waals surface area contributed by atoms with Crippen LogP contribution in [0, 0.1) is 5.92 Å². The third kappa shape index (κ3) is 5.50. The van der Waals surface area contributed by atoms with Crippen LogP contribution in [0.25, 0.3) is 5.57 Å². The average Bonchev–Trinajstić information content (AvgIpc) is 2.73. The Morgan fingerprint density at radius 1 is 1.10 bits per heavy atom. The molecule has 0 aromatic heterocycles. The number of Topliss-reactive ketones (excluding diaryl/α,β-unsaturated/α-hetero) is 1. The highest BCUT2D eigenvalue weighted by atomic mass is 35.5. The zero-order valence-electron chi connectivity index (χ0n) is 16.7. The van der Waals surface area contributed by atoms with Gasteiger partial charge in [0.25, 0.3) is 5.78 Å². The van der Waals surface area contributed by atoms with E-state index in [9.17, 15) is 18.0 Å². The third-order valence-electron chi connectivity index (χ3n) is 5.90. The number of halogens is 5. The van der Waals surface area contributed by atoms with Crippen LogP contribution in [0.2, 0.25) is 0 Å². The molecule has 0 spiro atoms. The lowest BCUT2D eigenvalue weighted by Crippen LogP contribution is -2.51. The minimum atomic E-state index is -5.24. The predicted molar refractivity (Wildman–Crippen MR) is 112 cm³/mol. The maximum absolute atomic E-state index is 15.4. The minimum Gasteiger partial charge on any atom is -0.317 e. The molecule has 3 nitrogen and oxygen atoms in total. The van der Waals surface area contributed by atoms with E-state index < -0.39 is 23.5 Å². The molecule has 1 aromatic carbocycles. The van der Waals surface area contributed by atoms with Crippen molar-refractivity contribution in [3.8, 4) is 0 Å². The van der Waals surface area contributed by atoms with E-state index in [4.69, 9.17) is 0 Å². The molecule has 8 heteroatoms. The molecule has 3 rings (SSSR count). The van der Waals surface area contributed by atoms with Gasteiger partial charge in [-0.05, 0) is 49.9 Å². The van der Waals surface area contributed by atoms with Crippen LogP contribution < -0.4 is 10.6 Å². The smallest absolute Gasteiger partial charge is 0.317 e. The van der Waals surface area contributed by atoms with Crippen molar-refractivity contribution < 1.29 is 22.4 Å². The predicted octanol–water partition coefficient (Wildman–Crippen LogP) is 4.64. The fourth-order valence-electron chi connectivity index (χ4n) is 4.10. The summed E-state index contributed by atoms with van der Waals surface area (Å²) in [5.74, 6) is -3.59. The summed E-state index contributed by atoms with van der Waals surface area (Å²) >= 11 is 0. The molecule has 2 aliphatic carbocycles. The van der Waals surface area contributed by atoms with Crippen LogP contribution in [0.3, 0.4) is 0 Å². The third-order valence-corrected chi connectivity index (χ3v) is 5.90. The molecule has 0 bridgehead atoms. The first-order valence-electron chi connectivity index (χ1n) is 9.91. The summed E-state index contributed by atoms with van der Waals surface area (Å²) in [6.45, 7) is -0.0338. The van der Waals surface area contributed by atoms with Gasteiger partial charge in [0.1, 0.15) is 0 Å². The van der Waals surface area contributed by atoms with Crippen LogP contribution in [0.5, 0.6) is 0 Å². The summed E-state index contributed by atoms with van der Waals surface area (Å²) in [4.78, 5) is 11.9. The van der Waals surface area contributed by atoms with Crippen molar-refractivity contribution in [2.45, 2.75) is 49.6 Å². The maximum Gasteiger partial charge on any atom is 0.453 e. The standard InChI is InChI=1S/C22H26F4N2O.ClH/c1-27-18-7-9-19(10-8-18)28-14-17-13-16(15-5-3-2-4-6-15)11-12-21(17,23)20(29)22(24,25)26;/h2-6,11-13,17-19,27-28H,7-10,14H2,1H3;1H. The first kappa shape index (κ1) is 24.6. The lowest BCUT2D eigenvalue weighted by molar-refractivity contribution is -0.182. The Kier molecular flexibility index (Phi) is 8.25. The number of alkyl halides is 4. The van der Waals surface area contributed by atoms with Gasteiger partial charge in [-0.2, -0.15) is 13.2 Å². The highest BCUT2D eigenvalue weighted by Gasteiger charge is 2.56. The number of benzene rings is 1. The molecule has 0 heterocycles. The van der Waals surface area contributed by atoms with Crippen molar-refractivity contribution >= 4 is 23.8 Å². The Morgan fingerprint density at radius 3 is 2.27 bits per heavy atom. The van der Waals surface area contributed by atoms with Crippen LogP contribution in [-0.4, -0.2) is 43.3 Å². The Balaban J connectivity index is 0.00000320. The van der Waals surface area contributed by atoms with E-state index in [0.29, 0.717) is 11.6 Å². The topological polar surface area (TPSA) is 41.1 Å². The molecule has 0 aliphatic heterocycles. The molecule has 2 atom stereocenters. The average molecular weight is 447 g/mol. The molecule has 0 saturated heterocycles. The molecule has 30 heavy (non-hydrogen) atoms. The molecule has 2 N–H and O–H groups in total. The summed E-state index contributed by atoms with van der Waals surface area (Å²) in [6, 6.07) is 9.56. The lowest BCUT2D eigenvalue weighted by Gasteiger charge is -2.35. The summed E-state index contributed by atoms with van der Waals surface area (Å²) in [5.41, 5.74) is -1.73. The summed E-state index contributed by atoms with van der Waals surface area (Å²) in [5, 5.41) is 6.43. The van der Waals surface area contributed by atoms with Crippen molar-refractivity contribution in [1.29, 1.82) is 0 Å². The second-order valence-corrected chi connectivity index (χ2v) is 7.77. The largest absolute Gasteiger partial charge is 0.453 e. The zero-order valence-corrected chi connectivity index (χ0v) is 17.5. The summed E-state index contributed by atoms with van der Waals surface area (Å²) < 4.78 is 54.7. The van der Waals surface area contributed by atoms with Gasteiger partial charge >= 0.3 is 6.18 Å². The number of carbonyl (C=O) groups excluding carboxylic acids is 1. The van der Waals surface area contributed by atoms with Gasteiger partial charge in [0.2, 0.25) is 5.67 Å². The normalized spacial score (nSPS) is 29.1. The molecular weight excluding hydrogens is 420 g/mol. The monoisotopic (exact) mass is 446 g/mol. The van der Waals surface area contributed by atoms with Crippen LogP contribution in [0.15, 0.2) is 48.6 Å². The van der Waals surface area contributed by atoms with Gasteiger partial charge in [0.05, 0.1) is 0 Å². The number of nitrogens with one attached hydrogen (secondary N) is 2. The maximum atomic E-state index is 15.4. The second-order valence-electron chi connectivity index (χ2n) is 7.77. The van der Waals surface area contributed by atoms with Crippen LogP contribution >= 0.6 is 12.4 Å². The fourth-order valence-corrected chi connectivity index (χ4v) is 4.10. The highest BCUT2D eigenvalue weighted by molar-refractivity contribution is 5.96. The van der Waals surface area contributed by atoms with Crippen molar-refractivity contribution in [3.05, 3.63) is 54.1 Å². The van der Waals surface area contributed by atoms with Crippen molar-refractivity contribution in [2.75, 3.05) is 13.6 Å². The van der Waals surface area contributed by atoms with Crippen LogP contribution in [-0.2, 0) is 4.79 Å².